The first-order valence-corrected chi connectivity index (χ1v) is 5.57. The molecule has 7 nitrogen and oxygen atoms in total. The van der Waals surface area contributed by atoms with Crippen LogP contribution in [-0.4, -0.2) is 26.0 Å². The highest BCUT2D eigenvalue weighted by Crippen LogP contribution is 2.29. The number of aliphatic hydroxyl groups is 1. The second-order valence-corrected chi connectivity index (χ2v) is 4.50. The van der Waals surface area contributed by atoms with Crippen molar-refractivity contribution in [3.05, 3.63) is 36.4 Å². The molecule has 100 valence electrons. The molecule has 1 heterocycles. The zero-order valence-corrected chi connectivity index (χ0v) is 10.6. The third-order valence-corrected chi connectivity index (χ3v) is 2.51. The van der Waals surface area contributed by atoms with Crippen molar-refractivity contribution >= 4 is 6.09 Å². The summed E-state index contributed by atoms with van der Waals surface area (Å²) >= 11 is 0. The van der Waals surface area contributed by atoms with Crippen LogP contribution in [0.3, 0.4) is 0 Å². The predicted molar refractivity (Wildman–Crippen MR) is 66.8 cm³/mol. The van der Waals surface area contributed by atoms with Gasteiger partial charge in [0.2, 0.25) is 0 Å². The number of aromatic nitrogens is 3. The van der Waals surface area contributed by atoms with E-state index in [1.54, 1.807) is 32.0 Å². The average Bonchev–Trinajstić information content (AvgIpc) is 2.80. The van der Waals surface area contributed by atoms with Gasteiger partial charge in [-0.3, -0.25) is 0 Å². The van der Waals surface area contributed by atoms with Crippen molar-refractivity contribution in [1.29, 1.82) is 0 Å². The Morgan fingerprint density at radius 3 is 2.74 bits per heavy atom. The van der Waals surface area contributed by atoms with Crippen molar-refractivity contribution in [3.8, 4) is 11.4 Å². The number of rotatable bonds is 3. The molecule has 2 aromatic rings. The number of primary amides is 1. The third kappa shape index (κ3) is 2.89. The molecule has 3 N–H and O–H groups in total. The Morgan fingerprint density at radius 1 is 1.47 bits per heavy atom. The predicted octanol–water partition coefficient (Wildman–Crippen LogP) is 0.952. The van der Waals surface area contributed by atoms with Crippen LogP contribution in [0.2, 0.25) is 0 Å². The molecule has 0 aliphatic rings. The SMILES string of the molecule is CC(C)(O)c1cc(OC(N)=O)ccc1-n1cncn1. The van der Waals surface area contributed by atoms with E-state index in [0.717, 1.165) is 0 Å². The average molecular weight is 262 g/mol. The van der Waals surface area contributed by atoms with Gasteiger partial charge in [-0.05, 0) is 32.0 Å². The second-order valence-electron chi connectivity index (χ2n) is 4.50. The number of hydrogen-bond donors (Lipinski definition) is 2. The Labute approximate surface area is 109 Å². The van der Waals surface area contributed by atoms with E-state index in [0.29, 0.717) is 11.3 Å². The molecular weight excluding hydrogens is 248 g/mol. The third-order valence-electron chi connectivity index (χ3n) is 2.51. The van der Waals surface area contributed by atoms with Crippen LogP contribution in [-0.2, 0) is 5.60 Å². The molecule has 0 saturated heterocycles. The van der Waals surface area contributed by atoms with Gasteiger partial charge >= 0.3 is 6.09 Å². The number of nitrogens with zero attached hydrogens (tertiary/aromatic N) is 3. The molecule has 0 fully saturated rings. The lowest BCUT2D eigenvalue weighted by Gasteiger charge is -2.22. The van der Waals surface area contributed by atoms with Gasteiger partial charge in [0.05, 0.1) is 11.3 Å². The first-order chi connectivity index (χ1) is 8.88. The molecule has 0 bridgehead atoms. The lowest BCUT2D eigenvalue weighted by atomic mass is 9.96. The highest BCUT2D eigenvalue weighted by molar-refractivity contribution is 5.68. The van der Waals surface area contributed by atoms with E-state index < -0.39 is 11.7 Å². The molecule has 7 heteroatoms. The van der Waals surface area contributed by atoms with Gasteiger partial charge in [0, 0.05) is 5.56 Å². The van der Waals surface area contributed by atoms with Gasteiger partial charge in [-0.15, -0.1) is 0 Å². The minimum absolute atomic E-state index is 0.258. The van der Waals surface area contributed by atoms with Crippen LogP contribution in [0.5, 0.6) is 5.75 Å². The number of ether oxygens (including phenoxy) is 1. The first kappa shape index (κ1) is 13.0. The molecule has 0 unspecified atom stereocenters. The number of amides is 1. The fraction of sp³-hybridized carbons (Fsp3) is 0.250. The molecule has 19 heavy (non-hydrogen) atoms. The Bertz CT molecular complexity index is 588. The van der Waals surface area contributed by atoms with Crippen LogP contribution in [0, 0.1) is 0 Å². The summed E-state index contributed by atoms with van der Waals surface area (Å²) in [5.41, 5.74) is 5.00. The Hall–Kier alpha value is -2.41. The molecule has 0 aliphatic carbocycles. The fourth-order valence-electron chi connectivity index (χ4n) is 1.72. The zero-order valence-electron chi connectivity index (χ0n) is 10.6. The summed E-state index contributed by atoms with van der Waals surface area (Å²) in [5, 5.41) is 14.2. The normalized spacial score (nSPS) is 11.3. The molecule has 0 aliphatic heterocycles. The van der Waals surface area contributed by atoms with Crippen molar-refractivity contribution < 1.29 is 14.6 Å². The molecule has 0 spiro atoms. The van der Waals surface area contributed by atoms with E-state index in [1.807, 2.05) is 0 Å². The summed E-state index contributed by atoms with van der Waals surface area (Å²) in [6, 6.07) is 4.78. The van der Waals surface area contributed by atoms with Crippen LogP contribution < -0.4 is 10.5 Å². The minimum Gasteiger partial charge on any atom is -0.410 e. The maximum Gasteiger partial charge on any atom is 0.409 e. The van der Waals surface area contributed by atoms with Gasteiger partial charge in [0.25, 0.3) is 0 Å². The van der Waals surface area contributed by atoms with Gasteiger partial charge in [-0.1, -0.05) is 0 Å². The maximum atomic E-state index is 10.8. The van der Waals surface area contributed by atoms with Crippen molar-refractivity contribution in [2.75, 3.05) is 0 Å². The number of carbonyl (C=O) groups is 1. The molecule has 1 amide bonds. The van der Waals surface area contributed by atoms with E-state index in [9.17, 15) is 9.90 Å². The smallest absolute Gasteiger partial charge is 0.409 e. The zero-order chi connectivity index (χ0) is 14.0. The Balaban J connectivity index is 2.53. The van der Waals surface area contributed by atoms with E-state index >= 15 is 0 Å². The molecule has 1 aromatic heterocycles. The standard InChI is InChI=1S/C12H14N4O3/c1-12(2,18)9-5-8(19-11(13)17)3-4-10(9)16-7-14-6-15-16/h3-7,18H,1-2H3,(H2,13,17). The summed E-state index contributed by atoms with van der Waals surface area (Å²) < 4.78 is 6.32. The molecule has 1 aromatic carbocycles. The molecule has 0 radical (unpaired) electrons. The minimum atomic E-state index is -1.14. The quantitative estimate of drug-likeness (QED) is 0.857. The van der Waals surface area contributed by atoms with E-state index in [-0.39, 0.29) is 5.75 Å². The molecule has 0 atom stereocenters. The van der Waals surface area contributed by atoms with Crippen molar-refractivity contribution in [1.82, 2.24) is 14.8 Å². The van der Waals surface area contributed by atoms with Crippen molar-refractivity contribution in [2.24, 2.45) is 5.73 Å². The fourth-order valence-corrected chi connectivity index (χ4v) is 1.72. The van der Waals surface area contributed by atoms with Crippen molar-refractivity contribution in [2.45, 2.75) is 19.4 Å². The van der Waals surface area contributed by atoms with Crippen molar-refractivity contribution in [3.63, 3.8) is 0 Å². The van der Waals surface area contributed by atoms with Crippen LogP contribution in [0.25, 0.3) is 5.69 Å². The highest BCUT2D eigenvalue weighted by atomic mass is 16.5. The largest absolute Gasteiger partial charge is 0.410 e. The lowest BCUT2D eigenvalue weighted by molar-refractivity contribution is 0.0781. The van der Waals surface area contributed by atoms with Gasteiger partial charge in [0.1, 0.15) is 18.4 Å². The van der Waals surface area contributed by atoms with Gasteiger partial charge in [0.15, 0.2) is 0 Å². The van der Waals surface area contributed by atoms with Crippen LogP contribution in [0.15, 0.2) is 30.9 Å². The summed E-state index contributed by atoms with van der Waals surface area (Å²) in [4.78, 5) is 14.6. The highest BCUT2D eigenvalue weighted by Gasteiger charge is 2.22. The Kier molecular flexibility index (Phi) is 3.22. The molecule has 2 rings (SSSR count). The molecule has 0 saturated carbocycles. The molecular formula is C12H14N4O3. The number of benzene rings is 1. The van der Waals surface area contributed by atoms with Gasteiger partial charge in [-0.2, -0.15) is 5.10 Å². The number of nitrogens with two attached hydrogens (primary N) is 1. The summed E-state index contributed by atoms with van der Waals surface area (Å²) in [6.45, 7) is 3.24. The number of carbonyl (C=O) groups excluding carboxylic acids is 1. The Morgan fingerprint density at radius 2 is 2.21 bits per heavy atom. The monoisotopic (exact) mass is 262 g/mol. The summed E-state index contributed by atoms with van der Waals surface area (Å²) in [7, 11) is 0. The number of hydrogen-bond acceptors (Lipinski definition) is 5. The van der Waals surface area contributed by atoms with Crippen LogP contribution in [0.4, 0.5) is 4.79 Å². The second kappa shape index (κ2) is 4.69. The maximum absolute atomic E-state index is 10.8. The van der Waals surface area contributed by atoms with Crippen LogP contribution in [0.1, 0.15) is 19.4 Å². The van der Waals surface area contributed by atoms with Crippen LogP contribution >= 0.6 is 0 Å². The van der Waals surface area contributed by atoms with Gasteiger partial charge in [-0.25, -0.2) is 14.5 Å². The lowest BCUT2D eigenvalue weighted by Crippen LogP contribution is -2.20. The van der Waals surface area contributed by atoms with Gasteiger partial charge < -0.3 is 15.6 Å². The summed E-state index contributed by atoms with van der Waals surface area (Å²) in [5.74, 6) is 0.258. The summed E-state index contributed by atoms with van der Waals surface area (Å²) in [6.07, 6.45) is 2.00. The first-order valence-electron chi connectivity index (χ1n) is 5.57. The topological polar surface area (TPSA) is 103 Å². The van der Waals surface area contributed by atoms with E-state index in [4.69, 9.17) is 10.5 Å². The van der Waals surface area contributed by atoms with E-state index in [1.165, 1.54) is 17.3 Å². The van der Waals surface area contributed by atoms with E-state index in [2.05, 4.69) is 10.1 Å².